The van der Waals surface area contributed by atoms with Crippen LogP contribution in [0, 0.1) is 29.1 Å². The van der Waals surface area contributed by atoms with Gasteiger partial charge in [0.2, 0.25) is 5.91 Å². The number of nitrogens with one attached hydrogen (secondary N) is 1. The third-order valence-electron chi connectivity index (χ3n) is 10.9. The highest BCUT2D eigenvalue weighted by Gasteiger charge is 2.48. The van der Waals surface area contributed by atoms with E-state index in [9.17, 15) is 9.90 Å². The minimum atomic E-state index is -0.751. The second-order valence-electron chi connectivity index (χ2n) is 16.0. The number of carbonyl (C=O) groups is 1. The standard InChI is InChI=1S/C34H64N4O6/c1-22-14-34(6,41-10)30(44-32-29(39)27(36(7)8)13-24(3)43-32)23(2)15-33(4,5)21-42-20-28(37(9)17-22)26-18-38(19-26)31(40)25-11-12-35-16-25/h22-30,32,35,39H,11-21H2,1-10H3/t22-,23-,24-,25-,27+,28+,29-,30-,32+,34-/m1/s1. The van der Waals surface area contributed by atoms with E-state index in [1.54, 1.807) is 7.11 Å². The molecule has 0 spiro atoms. The van der Waals surface area contributed by atoms with Crippen molar-refractivity contribution in [3.8, 4) is 0 Å². The normalized spacial score (nSPS) is 41.9. The van der Waals surface area contributed by atoms with Crippen molar-refractivity contribution in [3.05, 3.63) is 0 Å². The number of hydrogen-bond donors (Lipinski definition) is 2. The zero-order valence-electron chi connectivity index (χ0n) is 29.4. The quantitative estimate of drug-likeness (QED) is 0.463. The fourth-order valence-corrected chi connectivity index (χ4v) is 8.55. The van der Waals surface area contributed by atoms with E-state index in [4.69, 9.17) is 18.9 Å². The van der Waals surface area contributed by atoms with Crippen molar-refractivity contribution in [1.82, 2.24) is 20.0 Å². The molecule has 0 aromatic carbocycles. The number of aliphatic hydroxyl groups is 1. The number of rotatable bonds is 6. The van der Waals surface area contributed by atoms with Gasteiger partial charge >= 0.3 is 0 Å². The van der Waals surface area contributed by atoms with Gasteiger partial charge < -0.3 is 44.1 Å². The highest BCUT2D eigenvalue weighted by atomic mass is 16.7. The number of amides is 1. The Morgan fingerprint density at radius 3 is 2.41 bits per heavy atom. The zero-order chi connectivity index (χ0) is 32.4. The smallest absolute Gasteiger partial charge is 0.227 e. The van der Waals surface area contributed by atoms with Crippen molar-refractivity contribution in [1.29, 1.82) is 0 Å². The van der Waals surface area contributed by atoms with E-state index in [1.807, 2.05) is 14.1 Å². The number of likely N-dealkylation sites (N-methyl/N-ethyl adjacent to an activating group) is 2. The fourth-order valence-electron chi connectivity index (χ4n) is 8.55. The molecular weight excluding hydrogens is 560 g/mol. The predicted octanol–water partition coefficient (Wildman–Crippen LogP) is 2.68. The second-order valence-corrected chi connectivity index (χ2v) is 16.0. The van der Waals surface area contributed by atoms with Crippen LogP contribution in [-0.2, 0) is 23.7 Å². The lowest BCUT2D eigenvalue weighted by Gasteiger charge is -2.48. The van der Waals surface area contributed by atoms with Crippen LogP contribution in [0.1, 0.15) is 67.2 Å². The lowest BCUT2D eigenvalue weighted by molar-refractivity contribution is -0.298. The summed E-state index contributed by atoms with van der Waals surface area (Å²) in [5.41, 5.74) is -0.687. The molecule has 44 heavy (non-hydrogen) atoms. The van der Waals surface area contributed by atoms with E-state index in [0.29, 0.717) is 31.0 Å². The maximum atomic E-state index is 13.0. The number of aliphatic hydroxyl groups excluding tert-OH is 1. The summed E-state index contributed by atoms with van der Waals surface area (Å²) in [6.45, 7) is 18.8. The summed E-state index contributed by atoms with van der Waals surface area (Å²) in [6.07, 6.45) is 1.60. The first-order valence-electron chi connectivity index (χ1n) is 17.1. The van der Waals surface area contributed by atoms with Gasteiger partial charge in [-0.1, -0.05) is 27.7 Å². The summed E-state index contributed by atoms with van der Waals surface area (Å²) in [6, 6.07) is 0.206. The molecule has 10 heteroatoms. The Labute approximate surface area is 267 Å². The van der Waals surface area contributed by atoms with Crippen LogP contribution in [0.4, 0.5) is 0 Å². The van der Waals surface area contributed by atoms with E-state index < -0.39 is 18.0 Å². The molecule has 0 radical (unpaired) electrons. The minimum absolute atomic E-state index is 0.0171. The third kappa shape index (κ3) is 8.54. The summed E-state index contributed by atoms with van der Waals surface area (Å²) in [5, 5.41) is 14.7. The first kappa shape index (κ1) is 36.0. The molecule has 4 rings (SSSR count). The Morgan fingerprint density at radius 1 is 1.09 bits per heavy atom. The van der Waals surface area contributed by atoms with Gasteiger partial charge in [-0.3, -0.25) is 4.79 Å². The van der Waals surface area contributed by atoms with Crippen LogP contribution >= 0.6 is 0 Å². The van der Waals surface area contributed by atoms with Gasteiger partial charge in [0.15, 0.2) is 6.29 Å². The summed E-state index contributed by atoms with van der Waals surface area (Å²) < 4.78 is 26.0. The topological polar surface area (TPSA) is 96.0 Å². The van der Waals surface area contributed by atoms with Crippen molar-refractivity contribution >= 4 is 5.91 Å². The molecule has 256 valence electrons. The van der Waals surface area contributed by atoms with Gasteiger partial charge in [-0.25, -0.2) is 0 Å². The van der Waals surface area contributed by atoms with Crippen LogP contribution in [0.5, 0.6) is 0 Å². The largest absolute Gasteiger partial charge is 0.386 e. The molecule has 1 amide bonds. The van der Waals surface area contributed by atoms with Gasteiger partial charge in [-0.05, 0) is 84.5 Å². The summed E-state index contributed by atoms with van der Waals surface area (Å²) >= 11 is 0. The number of ether oxygens (including phenoxy) is 4. The Morgan fingerprint density at radius 2 is 1.80 bits per heavy atom. The first-order valence-corrected chi connectivity index (χ1v) is 17.1. The Hall–Kier alpha value is -0.850. The molecule has 2 N–H and O–H groups in total. The summed E-state index contributed by atoms with van der Waals surface area (Å²) in [4.78, 5) is 19.6. The number of nitrogens with zero attached hydrogens (tertiary/aromatic N) is 3. The predicted molar refractivity (Wildman–Crippen MR) is 172 cm³/mol. The van der Waals surface area contributed by atoms with E-state index in [0.717, 1.165) is 58.4 Å². The molecule has 4 saturated heterocycles. The monoisotopic (exact) mass is 624 g/mol. The lowest BCUT2D eigenvalue weighted by atomic mass is 9.75. The highest BCUT2D eigenvalue weighted by Crippen LogP contribution is 2.40. The average molecular weight is 625 g/mol. The number of likely N-dealkylation sites (tertiary alicyclic amines) is 1. The molecule has 10 atom stereocenters. The fraction of sp³-hybridized carbons (Fsp3) is 0.971. The number of methoxy groups -OCH3 is 1. The molecule has 4 heterocycles. The van der Waals surface area contributed by atoms with Crippen LogP contribution in [0.15, 0.2) is 0 Å². The molecule has 0 aliphatic carbocycles. The third-order valence-corrected chi connectivity index (χ3v) is 10.9. The van der Waals surface area contributed by atoms with Crippen LogP contribution < -0.4 is 5.32 Å². The molecule has 4 aliphatic heterocycles. The van der Waals surface area contributed by atoms with Crippen LogP contribution in [0.25, 0.3) is 0 Å². The van der Waals surface area contributed by atoms with Crippen LogP contribution in [-0.4, -0.2) is 142 Å². The molecule has 4 aliphatic rings. The molecule has 0 aromatic heterocycles. The molecule has 0 saturated carbocycles. The molecule has 0 unspecified atom stereocenters. The van der Waals surface area contributed by atoms with E-state index >= 15 is 0 Å². The van der Waals surface area contributed by atoms with Crippen molar-refractivity contribution in [2.75, 3.05) is 74.2 Å². The van der Waals surface area contributed by atoms with Crippen molar-refractivity contribution < 1.29 is 28.8 Å². The molecule has 10 nitrogen and oxygen atoms in total. The van der Waals surface area contributed by atoms with Gasteiger partial charge in [0.1, 0.15) is 6.10 Å². The van der Waals surface area contributed by atoms with E-state index in [-0.39, 0.29) is 41.5 Å². The SMILES string of the molecule is CO[C@]1(C)C[C@@H](C)CN(C)[C@H](C2CN(C(=O)[C@@H]3CCNC3)C2)COCC(C)(C)C[C@@H](C)[C@H]1O[C@@H]1O[C@H](C)C[C@H](N(C)C)[C@H]1O. The molecule has 0 bridgehead atoms. The van der Waals surface area contributed by atoms with Crippen molar-refractivity contribution in [2.45, 2.75) is 110 Å². The zero-order valence-corrected chi connectivity index (χ0v) is 29.4. The minimum Gasteiger partial charge on any atom is -0.386 e. The van der Waals surface area contributed by atoms with E-state index in [1.165, 1.54) is 0 Å². The molecule has 4 fully saturated rings. The second kappa shape index (κ2) is 14.9. The van der Waals surface area contributed by atoms with E-state index in [2.05, 4.69) is 68.6 Å². The van der Waals surface area contributed by atoms with Gasteiger partial charge in [-0.2, -0.15) is 0 Å². The Kier molecular flexibility index (Phi) is 12.2. The Balaban J connectivity index is 1.51. The summed E-state index contributed by atoms with van der Waals surface area (Å²) in [5.74, 6) is 1.28. The summed E-state index contributed by atoms with van der Waals surface area (Å²) in [7, 11) is 8.00. The van der Waals surface area contributed by atoms with Crippen LogP contribution in [0.3, 0.4) is 0 Å². The average Bonchev–Trinajstić information content (AvgIpc) is 3.45. The lowest BCUT2D eigenvalue weighted by Crippen LogP contribution is -2.60. The van der Waals surface area contributed by atoms with Gasteiger partial charge in [0, 0.05) is 51.3 Å². The number of hydrogen-bond acceptors (Lipinski definition) is 9. The van der Waals surface area contributed by atoms with Crippen LogP contribution in [0.2, 0.25) is 0 Å². The Bertz CT molecular complexity index is 925. The molecule has 0 aromatic rings. The van der Waals surface area contributed by atoms with Gasteiger partial charge in [0.25, 0.3) is 0 Å². The maximum absolute atomic E-state index is 13.0. The molecular formula is C34H64N4O6. The van der Waals surface area contributed by atoms with Crippen molar-refractivity contribution in [2.24, 2.45) is 29.1 Å². The van der Waals surface area contributed by atoms with Gasteiger partial charge in [-0.15, -0.1) is 0 Å². The van der Waals surface area contributed by atoms with Gasteiger partial charge in [0.05, 0.1) is 36.9 Å². The maximum Gasteiger partial charge on any atom is 0.227 e. The first-order chi connectivity index (χ1) is 20.6. The highest BCUT2D eigenvalue weighted by molar-refractivity contribution is 5.80. The van der Waals surface area contributed by atoms with Crippen molar-refractivity contribution in [3.63, 3.8) is 0 Å². The number of carbonyl (C=O) groups excluding carboxylic acids is 1.